The lowest BCUT2D eigenvalue weighted by Crippen LogP contribution is -2.44. The maximum Gasteiger partial charge on any atom is 0.261 e. The van der Waals surface area contributed by atoms with Gasteiger partial charge in [0.2, 0.25) is 5.91 Å². The van der Waals surface area contributed by atoms with Crippen molar-refractivity contribution in [3.05, 3.63) is 34.6 Å². The minimum Gasteiger partial charge on any atom is -0.352 e. The van der Waals surface area contributed by atoms with Crippen LogP contribution >= 0.6 is 11.8 Å². The summed E-state index contributed by atoms with van der Waals surface area (Å²) in [7, 11) is 1.71. The van der Waals surface area contributed by atoms with E-state index in [0.717, 1.165) is 6.42 Å². The van der Waals surface area contributed by atoms with Gasteiger partial charge in [0, 0.05) is 13.1 Å². The molecule has 0 aliphatic heterocycles. The van der Waals surface area contributed by atoms with Gasteiger partial charge in [-0.05, 0) is 37.8 Å². The number of amides is 1. The second-order valence-corrected chi connectivity index (χ2v) is 8.22. The molecule has 1 aromatic carbocycles. The first kappa shape index (κ1) is 18.0. The van der Waals surface area contributed by atoms with Crippen molar-refractivity contribution < 1.29 is 4.79 Å². The first-order valence-electron chi connectivity index (χ1n) is 8.90. The van der Waals surface area contributed by atoms with Crippen molar-refractivity contribution in [2.24, 2.45) is 13.0 Å². The molecule has 134 valence electrons. The lowest BCUT2D eigenvalue weighted by molar-refractivity contribution is -0.121. The SMILES string of the molecule is C[C@@H]1CCCC[C@@H]1NC(=O)[C@@H](C)Sc1nc2ccccc2c(=O)n1C. The summed E-state index contributed by atoms with van der Waals surface area (Å²) in [5, 5.41) is 4.06. The van der Waals surface area contributed by atoms with Gasteiger partial charge >= 0.3 is 0 Å². The van der Waals surface area contributed by atoms with Crippen LogP contribution in [-0.2, 0) is 11.8 Å². The zero-order valence-corrected chi connectivity index (χ0v) is 15.8. The number of hydrogen-bond donors (Lipinski definition) is 1. The number of benzene rings is 1. The number of nitrogens with zero attached hydrogens (tertiary/aromatic N) is 2. The van der Waals surface area contributed by atoms with Crippen molar-refractivity contribution in [1.82, 2.24) is 14.9 Å². The van der Waals surface area contributed by atoms with E-state index in [1.807, 2.05) is 25.1 Å². The van der Waals surface area contributed by atoms with Crippen LogP contribution in [0.15, 0.2) is 34.2 Å². The average Bonchev–Trinajstić information content (AvgIpc) is 2.61. The molecule has 1 amide bonds. The van der Waals surface area contributed by atoms with Gasteiger partial charge in [0.15, 0.2) is 5.16 Å². The Morgan fingerprint density at radius 3 is 2.80 bits per heavy atom. The number of aromatic nitrogens is 2. The molecule has 1 saturated carbocycles. The number of thioether (sulfide) groups is 1. The Kier molecular flexibility index (Phi) is 5.47. The van der Waals surface area contributed by atoms with Crippen molar-refractivity contribution in [1.29, 1.82) is 0 Å². The number of rotatable bonds is 4. The Bertz CT molecular complexity index is 833. The summed E-state index contributed by atoms with van der Waals surface area (Å²) in [6, 6.07) is 7.57. The average molecular weight is 359 g/mol. The van der Waals surface area contributed by atoms with Crippen LogP contribution in [0.2, 0.25) is 0 Å². The maximum atomic E-state index is 12.6. The Morgan fingerprint density at radius 1 is 1.32 bits per heavy atom. The Morgan fingerprint density at radius 2 is 2.04 bits per heavy atom. The minimum atomic E-state index is -0.298. The fraction of sp³-hybridized carbons (Fsp3) is 0.526. The molecule has 6 heteroatoms. The zero-order valence-electron chi connectivity index (χ0n) is 15.0. The molecule has 0 saturated heterocycles. The largest absolute Gasteiger partial charge is 0.352 e. The summed E-state index contributed by atoms with van der Waals surface area (Å²) in [6.07, 6.45) is 4.66. The summed E-state index contributed by atoms with van der Waals surface area (Å²) in [6.45, 7) is 4.07. The third-order valence-electron chi connectivity index (χ3n) is 5.03. The van der Waals surface area contributed by atoms with Crippen LogP contribution in [0.5, 0.6) is 0 Å². The van der Waals surface area contributed by atoms with Gasteiger partial charge in [-0.2, -0.15) is 0 Å². The van der Waals surface area contributed by atoms with Crippen LogP contribution in [0.25, 0.3) is 10.9 Å². The molecule has 1 aromatic heterocycles. The van der Waals surface area contributed by atoms with Gasteiger partial charge in [-0.15, -0.1) is 0 Å². The molecular formula is C19H25N3O2S. The third kappa shape index (κ3) is 3.89. The molecule has 0 spiro atoms. The summed E-state index contributed by atoms with van der Waals surface area (Å²) >= 11 is 1.34. The van der Waals surface area contributed by atoms with E-state index in [1.165, 1.54) is 35.6 Å². The highest BCUT2D eigenvalue weighted by molar-refractivity contribution is 8.00. The van der Waals surface area contributed by atoms with Crippen LogP contribution in [0, 0.1) is 5.92 Å². The minimum absolute atomic E-state index is 0.0196. The van der Waals surface area contributed by atoms with E-state index in [4.69, 9.17) is 0 Å². The second-order valence-electron chi connectivity index (χ2n) is 6.91. The van der Waals surface area contributed by atoms with E-state index >= 15 is 0 Å². The molecule has 0 unspecified atom stereocenters. The van der Waals surface area contributed by atoms with Crippen LogP contribution < -0.4 is 10.9 Å². The van der Waals surface area contributed by atoms with Gasteiger partial charge in [0.25, 0.3) is 5.56 Å². The number of carbonyl (C=O) groups excluding carboxylic acids is 1. The summed E-state index contributed by atoms with van der Waals surface area (Å²) in [5.74, 6) is 0.546. The molecule has 0 bridgehead atoms. The molecule has 0 radical (unpaired) electrons. The predicted molar refractivity (Wildman–Crippen MR) is 102 cm³/mol. The number of nitrogens with one attached hydrogen (secondary N) is 1. The summed E-state index contributed by atoms with van der Waals surface area (Å²) in [5.41, 5.74) is 0.586. The topological polar surface area (TPSA) is 64.0 Å². The standard InChI is InChI=1S/C19H25N3O2S/c1-12-8-4-6-10-15(12)20-17(23)13(2)25-19-21-16-11-7-5-9-14(16)18(24)22(19)3/h5,7,9,11-13,15H,4,6,8,10H2,1-3H3,(H,20,23)/t12-,13-,15+/m1/s1. The first-order valence-corrected chi connectivity index (χ1v) is 9.78. The second kappa shape index (κ2) is 7.60. The monoisotopic (exact) mass is 359 g/mol. The summed E-state index contributed by atoms with van der Waals surface area (Å²) < 4.78 is 1.53. The van der Waals surface area contributed by atoms with E-state index in [0.29, 0.717) is 22.0 Å². The normalized spacial score (nSPS) is 21.9. The van der Waals surface area contributed by atoms with Crippen molar-refractivity contribution in [2.45, 2.75) is 56.0 Å². The fourth-order valence-corrected chi connectivity index (χ4v) is 4.23. The molecule has 1 aliphatic carbocycles. The van der Waals surface area contributed by atoms with Gasteiger partial charge in [0.05, 0.1) is 16.2 Å². The van der Waals surface area contributed by atoms with Crippen molar-refractivity contribution in [3.8, 4) is 0 Å². The molecule has 1 fully saturated rings. The molecule has 1 aliphatic rings. The smallest absolute Gasteiger partial charge is 0.261 e. The van der Waals surface area contributed by atoms with E-state index in [1.54, 1.807) is 13.1 Å². The van der Waals surface area contributed by atoms with Gasteiger partial charge < -0.3 is 5.32 Å². The van der Waals surface area contributed by atoms with Crippen LogP contribution in [0.3, 0.4) is 0 Å². The lowest BCUT2D eigenvalue weighted by atomic mass is 9.86. The van der Waals surface area contributed by atoms with Crippen LogP contribution in [0.4, 0.5) is 0 Å². The Balaban J connectivity index is 1.75. The van der Waals surface area contributed by atoms with Crippen molar-refractivity contribution in [2.75, 3.05) is 0 Å². The number of carbonyl (C=O) groups is 1. The van der Waals surface area contributed by atoms with Crippen molar-refractivity contribution in [3.63, 3.8) is 0 Å². The molecule has 25 heavy (non-hydrogen) atoms. The molecule has 3 atom stereocenters. The van der Waals surface area contributed by atoms with Crippen LogP contribution in [-0.4, -0.2) is 26.8 Å². The van der Waals surface area contributed by atoms with E-state index in [9.17, 15) is 9.59 Å². The molecule has 3 rings (SSSR count). The van der Waals surface area contributed by atoms with Gasteiger partial charge in [0.1, 0.15) is 0 Å². The van der Waals surface area contributed by atoms with E-state index in [2.05, 4.69) is 17.2 Å². The third-order valence-corrected chi connectivity index (χ3v) is 6.18. The highest BCUT2D eigenvalue weighted by Gasteiger charge is 2.26. The van der Waals surface area contributed by atoms with E-state index < -0.39 is 0 Å². The highest BCUT2D eigenvalue weighted by atomic mass is 32.2. The maximum absolute atomic E-state index is 12.6. The van der Waals surface area contributed by atoms with Crippen LogP contribution in [0.1, 0.15) is 39.5 Å². The quantitative estimate of drug-likeness (QED) is 0.673. The molecule has 1 N–H and O–H groups in total. The van der Waals surface area contributed by atoms with Gasteiger partial charge in [-0.3, -0.25) is 14.2 Å². The zero-order chi connectivity index (χ0) is 18.0. The Labute approximate surface area is 152 Å². The lowest BCUT2D eigenvalue weighted by Gasteiger charge is -2.30. The molecular weight excluding hydrogens is 334 g/mol. The number of hydrogen-bond acceptors (Lipinski definition) is 4. The Hall–Kier alpha value is -1.82. The molecule has 5 nitrogen and oxygen atoms in total. The number of para-hydroxylation sites is 1. The first-order chi connectivity index (χ1) is 12.0. The van der Waals surface area contributed by atoms with Gasteiger partial charge in [-0.25, -0.2) is 4.98 Å². The molecule has 2 aromatic rings. The van der Waals surface area contributed by atoms with Gasteiger partial charge in [-0.1, -0.05) is 43.7 Å². The highest BCUT2D eigenvalue weighted by Crippen LogP contribution is 2.26. The summed E-state index contributed by atoms with van der Waals surface area (Å²) in [4.78, 5) is 29.6. The fourth-order valence-electron chi connectivity index (χ4n) is 3.35. The van der Waals surface area contributed by atoms with E-state index in [-0.39, 0.29) is 22.8 Å². The van der Waals surface area contributed by atoms with Crippen molar-refractivity contribution >= 4 is 28.6 Å². The number of fused-ring (bicyclic) bond motifs is 1. The predicted octanol–water partition coefficient (Wildman–Crippen LogP) is 3.11. The molecule has 1 heterocycles.